The summed E-state index contributed by atoms with van der Waals surface area (Å²) >= 11 is 0. The highest BCUT2D eigenvalue weighted by atomic mass is 16.3. The van der Waals surface area contributed by atoms with E-state index in [1.54, 1.807) is 13.0 Å². The molecule has 0 saturated heterocycles. The van der Waals surface area contributed by atoms with Gasteiger partial charge in [0.05, 0.1) is 5.69 Å². The van der Waals surface area contributed by atoms with Crippen LogP contribution in [0.2, 0.25) is 0 Å². The molecule has 0 amide bonds. The molecule has 1 aromatic carbocycles. The summed E-state index contributed by atoms with van der Waals surface area (Å²) in [5.74, 6) is 0.510. The molecule has 2 aliphatic rings. The van der Waals surface area contributed by atoms with Gasteiger partial charge in [-0.2, -0.15) is 0 Å². The van der Waals surface area contributed by atoms with E-state index < -0.39 is 0 Å². The summed E-state index contributed by atoms with van der Waals surface area (Å²) in [6.07, 6.45) is 0. The maximum atomic E-state index is 11.8. The largest absolute Gasteiger partial charge is 0.452 e. The van der Waals surface area contributed by atoms with Crippen LogP contribution in [0.15, 0.2) is 33.5 Å². The standard InChI is InChI=1S/C14H12N2O2/c1-7-4-3-5-10-13(7)18-14-8(2)12(17)9(15)6-11(14)16-10/h3-6H,15H2,1-2H3. The molecule has 0 bridgehead atoms. The van der Waals surface area contributed by atoms with Crippen LogP contribution in [-0.2, 0) is 0 Å². The van der Waals surface area contributed by atoms with Crippen molar-refractivity contribution in [2.75, 3.05) is 5.73 Å². The van der Waals surface area contributed by atoms with Crippen LogP contribution in [0, 0.1) is 13.8 Å². The highest BCUT2D eigenvalue weighted by molar-refractivity contribution is 5.80. The average molecular weight is 240 g/mol. The van der Waals surface area contributed by atoms with Crippen molar-refractivity contribution in [3.8, 4) is 11.5 Å². The molecule has 0 aromatic heterocycles. The topological polar surface area (TPSA) is 69.1 Å². The second-order valence-corrected chi connectivity index (χ2v) is 4.41. The van der Waals surface area contributed by atoms with Gasteiger partial charge >= 0.3 is 0 Å². The number of aromatic nitrogens is 1. The molecule has 0 spiro atoms. The first-order chi connectivity index (χ1) is 8.58. The third-order valence-corrected chi connectivity index (χ3v) is 3.10. The predicted octanol–water partition coefficient (Wildman–Crippen LogP) is 2.49. The van der Waals surface area contributed by atoms with Gasteiger partial charge in [0.25, 0.3) is 0 Å². The van der Waals surface area contributed by atoms with Crippen molar-refractivity contribution < 1.29 is 4.42 Å². The molecule has 90 valence electrons. The molecule has 0 unspecified atom stereocenters. The van der Waals surface area contributed by atoms with E-state index in [1.807, 2.05) is 25.1 Å². The van der Waals surface area contributed by atoms with Crippen molar-refractivity contribution in [1.29, 1.82) is 0 Å². The van der Waals surface area contributed by atoms with Crippen molar-refractivity contribution in [3.05, 3.63) is 45.6 Å². The summed E-state index contributed by atoms with van der Waals surface area (Å²) in [7, 11) is 0. The molecule has 0 fully saturated rings. The fourth-order valence-electron chi connectivity index (χ4n) is 2.09. The molecule has 0 saturated carbocycles. The molecule has 3 rings (SSSR count). The lowest BCUT2D eigenvalue weighted by atomic mass is 10.1. The number of fused-ring (bicyclic) bond motifs is 2. The van der Waals surface area contributed by atoms with E-state index >= 15 is 0 Å². The number of rotatable bonds is 0. The lowest BCUT2D eigenvalue weighted by Gasteiger charge is -2.10. The number of hydrogen-bond donors (Lipinski definition) is 1. The predicted molar refractivity (Wildman–Crippen MR) is 70.8 cm³/mol. The third kappa shape index (κ3) is 1.39. The number of anilines is 1. The molecule has 4 nitrogen and oxygen atoms in total. The van der Waals surface area contributed by atoms with E-state index in [0.717, 1.165) is 11.1 Å². The van der Waals surface area contributed by atoms with Gasteiger partial charge in [0.2, 0.25) is 5.43 Å². The van der Waals surface area contributed by atoms with E-state index in [2.05, 4.69) is 4.98 Å². The second kappa shape index (κ2) is 3.57. The summed E-state index contributed by atoms with van der Waals surface area (Å²) in [6.45, 7) is 3.65. The normalized spacial score (nSPS) is 11.2. The van der Waals surface area contributed by atoms with Crippen LogP contribution in [-0.4, -0.2) is 4.98 Å². The van der Waals surface area contributed by atoms with Crippen LogP contribution < -0.4 is 11.2 Å². The van der Waals surface area contributed by atoms with Gasteiger partial charge < -0.3 is 10.2 Å². The monoisotopic (exact) mass is 240 g/mol. The van der Waals surface area contributed by atoms with Crippen molar-refractivity contribution in [2.24, 2.45) is 0 Å². The van der Waals surface area contributed by atoms with Crippen molar-refractivity contribution in [3.63, 3.8) is 0 Å². The Morgan fingerprint density at radius 2 is 2.06 bits per heavy atom. The smallest absolute Gasteiger partial charge is 0.208 e. The Labute approximate surface area is 103 Å². The van der Waals surface area contributed by atoms with Crippen molar-refractivity contribution >= 4 is 16.8 Å². The van der Waals surface area contributed by atoms with Crippen LogP contribution in [0.1, 0.15) is 11.1 Å². The van der Waals surface area contributed by atoms with Crippen molar-refractivity contribution in [1.82, 2.24) is 4.98 Å². The summed E-state index contributed by atoms with van der Waals surface area (Å²) in [5, 5.41) is 0. The first kappa shape index (κ1) is 10.8. The number of para-hydroxylation sites is 1. The molecule has 1 aliphatic carbocycles. The van der Waals surface area contributed by atoms with Gasteiger partial charge in [0.15, 0.2) is 11.3 Å². The number of nitrogens with zero attached hydrogens (tertiary/aromatic N) is 1. The van der Waals surface area contributed by atoms with Gasteiger partial charge in [-0.1, -0.05) is 12.1 Å². The van der Waals surface area contributed by atoms with E-state index in [4.69, 9.17) is 10.2 Å². The zero-order valence-electron chi connectivity index (χ0n) is 10.2. The van der Waals surface area contributed by atoms with E-state index in [-0.39, 0.29) is 11.1 Å². The van der Waals surface area contributed by atoms with Gasteiger partial charge in [-0.25, -0.2) is 4.98 Å². The van der Waals surface area contributed by atoms with Gasteiger partial charge in [0.1, 0.15) is 11.2 Å². The fourth-order valence-corrected chi connectivity index (χ4v) is 2.09. The minimum Gasteiger partial charge on any atom is -0.452 e. The van der Waals surface area contributed by atoms with Gasteiger partial charge in [-0.15, -0.1) is 0 Å². The van der Waals surface area contributed by atoms with Gasteiger partial charge in [0, 0.05) is 5.56 Å². The van der Waals surface area contributed by atoms with E-state index in [1.165, 1.54) is 0 Å². The first-order valence-electron chi connectivity index (χ1n) is 5.67. The third-order valence-electron chi connectivity index (χ3n) is 3.10. The highest BCUT2D eigenvalue weighted by Crippen LogP contribution is 2.28. The molecule has 0 atom stereocenters. The average Bonchev–Trinajstić information content (AvgIpc) is 2.35. The Morgan fingerprint density at radius 3 is 2.83 bits per heavy atom. The zero-order chi connectivity index (χ0) is 12.9. The maximum Gasteiger partial charge on any atom is 0.208 e. The minimum atomic E-state index is -0.194. The number of aryl methyl sites for hydroxylation is 1. The van der Waals surface area contributed by atoms with Gasteiger partial charge in [-0.05, 0) is 31.5 Å². The molecule has 4 heteroatoms. The molecule has 18 heavy (non-hydrogen) atoms. The number of hydrogen-bond acceptors (Lipinski definition) is 4. The molecule has 1 heterocycles. The van der Waals surface area contributed by atoms with Crippen LogP contribution in [0.3, 0.4) is 0 Å². The van der Waals surface area contributed by atoms with Crippen LogP contribution in [0.25, 0.3) is 22.6 Å². The summed E-state index contributed by atoms with van der Waals surface area (Å²) < 4.78 is 5.83. The Kier molecular flexibility index (Phi) is 2.13. The SMILES string of the molecule is Cc1c2oc3c(C)cccc3nc-2cc(N)c1=O. The lowest BCUT2D eigenvalue weighted by molar-refractivity contribution is 0.605. The van der Waals surface area contributed by atoms with E-state index in [9.17, 15) is 4.79 Å². The molecule has 1 aliphatic heterocycles. The van der Waals surface area contributed by atoms with Crippen molar-refractivity contribution in [2.45, 2.75) is 13.8 Å². The molecule has 0 radical (unpaired) electrons. The van der Waals surface area contributed by atoms with Crippen LogP contribution in [0.5, 0.6) is 0 Å². The Morgan fingerprint density at radius 1 is 1.28 bits per heavy atom. The Bertz CT molecular complexity index is 790. The Balaban J connectivity index is 2.55. The molecular weight excluding hydrogens is 228 g/mol. The maximum absolute atomic E-state index is 11.8. The second-order valence-electron chi connectivity index (χ2n) is 4.41. The molecule has 2 N–H and O–H groups in total. The van der Waals surface area contributed by atoms with E-state index in [0.29, 0.717) is 22.6 Å². The minimum absolute atomic E-state index is 0.194. The molecular formula is C14H12N2O2. The lowest BCUT2D eigenvalue weighted by Crippen LogP contribution is -2.13. The highest BCUT2D eigenvalue weighted by Gasteiger charge is 2.16. The van der Waals surface area contributed by atoms with Gasteiger partial charge in [-0.3, -0.25) is 4.79 Å². The fraction of sp³-hybridized carbons (Fsp3) is 0.143. The summed E-state index contributed by atoms with van der Waals surface area (Å²) in [6, 6.07) is 7.31. The Hall–Kier alpha value is -2.36. The number of nitrogens with two attached hydrogens (primary N) is 1. The number of benzene rings is 2. The summed E-state index contributed by atoms with van der Waals surface area (Å²) in [5.41, 5.74) is 9.25. The van der Waals surface area contributed by atoms with Crippen LogP contribution in [0.4, 0.5) is 5.69 Å². The van der Waals surface area contributed by atoms with Crippen LogP contribution >= 0.6 is 0 Å². The quantitative estimate of drug-likeness (QED) is 0.484. The zero-order valence-corrected chi connectivity index (χ0v) is 10.2. The first-order valence-corrected chi connectivity index (χ1v) is 5.67. The summed E-state index contributed by atoms with van der Waals surface area (Å²) in [4.78, 5) is 16.3. The molecule has 1 aromatic rings. The number of nitrogen functional groups attached to an aromatic ring is 1.